The van der Waals surface area contributed by atoms with E-state index in [0.717, 1.165) is 5.56 Å². The van der Waals surface area contributed by atoms with Gasteiger partial charge < -0.3 is 10.1 Å². The predicted octanol–water partition coefficient (Wildman–Crippen LogP) is 2.50. The second-order valence-electron chi connectivity index (χ2n) is 6.84. The summed E-state index contributed by atoms with van der Waals surface area (Å²) in [4.78, 5) is 35.3. The molecule has 166 valence electrons. The maximum absolute atomic E-state index is 12.8. The van der Waals surface area contributed by atoms with Crippen molar-refractivity contribution in [2.24, 2.45) is 0 Å². The van der Waals surface area contributed by atoms with Crippen LogP contribution in [0.25, 0.3) is 0 Å². The third-order valence-electron chi connectivity index (χ3n) is 4.11. The van der Waals surface area contributed by atoms with Crippen molar-refractivity contribution in [1.82, 2.24) is 10.6 Å². The average molecular weight is 448 g/mol. The van der Waals surface area contributed by atoms with Crippen molar-refractivity contribution in [2.75, 3.05) is 17.9 Å². The standard InChI is InChI=1S/C21H25N3O6S/c1-4-10-22-21(27)23-19(25)13-30-20(26)16-9-8-15(3)18(12-16)31(28,29)24-17-7-5-6-14(2)11-17/h5-9,11-12,24H,4,10,13H2,1-3H3,(H2,22,23,25,27). The normalized spacial score (nSPS) is 10.8. The molecule has 3 N–H and O–H groups in total. The van der Waals surface area contributed by atoms with Gasteiger partial charge in [0.25, 0.3) is 15.9 Å². The number of hydrogen-bond acceptors (Lipinski definition) is 6. The Balaban J connectivity index is 2.08. The van der Waals surface area contributed by atoms with Crippen LogP contribution in [-0.4, -0.2) is 39.5 Å². The minimum absolute atomic E-state index is 0.0431. The number of imide groups is 1. The zero-order valence-corrected chi connectivity index (χ0v) is 18.3. The number of aryl methyl sites for hydroxylation is 2. The first-order valence-corrected chi connectivity index (χ1v) is 11.1. The summed E-state index contributed by atoms with van der Waals surface area (Å²) in [6, 6.07) is 10.2. The Morgan fingerprint density at radius 1 is 1.03 bits per heavy atom. The number of urea groups is 1. The van der Waals surface area contributed by atoms with Crippen molar-refractivity contribution in [3.05, 3.63) is 59.2 Å². The molecule has 0 aliphatic carbocycles. The summed E-state index contributed by atoms with van der Waals surface area (Å²) in [5.74, 6) is -1.70. The number of rotatable bonds is 8. The highest BCUT2D eigenvalue weighted by molar-refractivity contribution is 7.92. The van der Waals surface area contributed by atoms with Gasteiger partial charge in [0.05, 0.1) is 10.5 Å². The number of benzene rings is 2. The van der Waals surface area contributed by atoms with Gasteiger partial charge in [-0.2, -0.15) is 0 Å². The number of esters is 1. The molecule has 0 radical (unpaired) electrons. The summed E-state index contributed by atoms with van der Waals surface area (Å²) in [5, 5.41) is 4.48. The summed E-state index contributed by atoms with van der Waals surface area (Å²) in [5.41, 5.74) is 1.67. The first-order chi connectivity index (χ1) is 14.6. The topological polar surface area (TPSA) is 131 Å². The molecule has 2 aromatic carbocycles. The van der Waals surface area contributed by atoms with E-state index in [1.54, 1.807) is 25.1 Å². The molecule has 2 rings (SSSR count). The van der Waals surface area contributed by atoms with E-state index in [1.165, 1.54) is 18.2 Å². The number of sulfonamides is 1. The van der Waals surface area contributed by atoms with E-state index >= 15 is 0 Å². The van der Waals surface area contributed by atoms with E-state index in [-0.39, 0.29) is 10.5 Å². The highest BCUT2D eigenvalue weighted by Crippen LogP contribution is 2.21. The van der Waals surface area contributed by atoms with Gasteiger partial charge in [-0.3, -0.25) is 14.8 Å². The Morgan fingerprint density at radius 3 is 2.45 bits per heavy atom. The summed E-state index contributed by atoms with van der Waals surface area (Å²) in [6.07, 6.45) is 0.702. The Hall–Kier alpha value is -3.40. The fourth-order valence-corrected chi connectivity index (χ4v) is 3.92. The minimum Gasteiger partial charge on any atom is -0.452 e. The fraction of sp³-hybridized carbons (Fsp3) is 0.286. The molecule has 9 nitrogen and oxygen atoms in total. The molecule has 0 spiro atoms. The van der Waals surface area contributed by atoms with Crippen LogP contribution in [0.15, 0.2) is 47.4 Å². The SMILES string of the molecule is CCCNC(=O)NC(=O)COC(=O)c1ccc(C)c(S(=O)(=O)Nc2cccc(C)c2)c1. The molecule has 0 aliphatic heterocycles. The van der Waals surface area contributed by atoms with Crippen LogP contribution in [0.5, 0.6) is 0 Å². The van der Waals surface area contributed by atoms with Gasteiger partial charge in [0.2, 0.25) is 0 Å². The maximum atomic E-state index is 12.8. The van der Waals surface area contributed by atoms with Crippen LogP contribution in [-0.2, 0) is 19.6 Å². The monoisotopic (exact) mass is 447 g/mol. The highest BCUT2D eigenvalue weighted by Gasteiger charge is 2.20. The quantitative estimate of drug-likeness (QED) is 0.533. The van der Waals surface area contributed by atoms with Gasteiger partial charge in [-0.15, -0.1) is 0 Å². The molecule has 0 atom stereocenters. The lowest BCUT2D eigenvalue weighted by atomic mass is 10.1. The number of anilines is 1. The van der Waals surface area contributed by atoms with Gasteiger partial charge >= 0.3 is 12.0 Å². The van der Waals surface area contributed by atoms with E-state index < -0.39 is 34.5 Å². The first kappa shape index (κ1) is 23.9. The first-order valence-electron chi connectivity index (χ1n) is 9.57. The summed E-state index contributed by atoms with van der Waals surface area (Å²) >= 11 is 0. The predicted molar refractivity (Wildman–Crippen MR) is 115 cm³/mol. The van der Waals surface area contributed by atoms with Crippen LogP contribution in [0, 0.1) is 13.8 Å². The summed E-state index contributed by atoms with van der Waals surface area (Å²) in [6.45, 7) is 5.01. The summed E-state index contributed by atoms with van der Waals surface area (Å²) in [7, 11) is -3.96. The largest absolute Gasteiger partial charge is 0.452 e. The van der Waals surface area contributed by atoms with Crippen molar-refractivity contribution in [1.29, 1.82) is 0 Å². The maximum Gasteiger partial charge on any atom is 0.338 e. The smallest absolute Gasteiger partial charge is 0.338 e. The van der Waals surface area contributed by atoms with Crippen LogP contribution in [0.4, 0.5) is 10.5 Å². The Labute approximate surface area is 181 Å². The molecular formula is C21H25N3O6S. The molecule has 3 amide bonds. The highest BCUT2D eigenvalue weighted by atomic mass is 32.2. The molecule has 2 aromatic rings. The molecule has 31 heavy (non-hydrogen) atoms. The average Bonchev–Trinajstić information content (AvgIpc) is 2.70. The number of carbonyl (C=O) groups is 3. The van der Waals surface area contributed by atoms with Crippen molar-refractivity contribution in [3.8, 4) is 0 Å². The van der Waals surface area contributed by atoms with Gasteiger partial charge in [-0.1, -0.05) is 25.1 Å². The van der Waals surface area contributed by atoms with Gasteiger partial charge in [0, 0.05) is 12.2 Å². The molecule has 0 heterocycles. The van der Waals surface area contributed by atoms with E-state index in [1.807, 2.05) is 25.2 Å². The number of carbonyl (C=O) groups excluding carboxylic acids is 3. The lowest BCUT2D eigenvalue weighted by molar-refractivity contribution is -0.123. The molecule has 0 saturated heterocycles. The molecule has 10 heteroatoms. The van der Waals surface area contributed by atoms with Crippen molar-refractivity contribution in [2.45, 2.75) is 32.1 Å². The van der Waals surface area contributed by atoms with Crippen molar-refractivity contribution < 1.29 is 27.5 Å². The van der Waals surface area contributed by atoms with E-state index in [0.29, 0.717) is 24.2 Å². The Bertz CT molecular complexity index is 1080. The second-order valence-corrected chi connectivity index (χ2v) is 8.49. The van der Waals surface area contributed by atoms with Crippen LogP contribution in [0.1, 0.15) is 34.8 Å². The van der Waals surface area contributed by atoms with Crippen molar-refractivity contribution in [3.63, 3.8) is 0 Å². The van der Waals surface area contributed by atoms with Crippen LogP contribution in [0.3, 0.4) is 0 Å². The zero-order chi connectivity index (χ0) is 23.0. The third kappa shape index (κ3) is 7.10. The van der Waals surface area contributed by atoms with Crippen LogP contribution >= 0.6 is 0 Å². The van der Waals surface area contributed by atoms with Crippen LogP contribution in [0.2, 0.25) is 0 Å². The molecule has 0 bridgehead atoms. The fourth-order valence-electron chi connectivity index (χ4n) is 2.60. The third-order valence-corrected chi connectivity index (χ3v) is 5.63. The van der Waals surface area contributed by atoms with Gasteiger partial charge in [0.1, 0.15) is 0 Å². The number of nitrogens with one attached hydrogen (secondary N) is 3. The Kier molecular flexibility index (Phi) is 8.14. The van der Waals surface area contributed by atoms with Gasteiger partial charge in [-0.25, -0.2) is 18.0 Å². The van der Waals surface area contributed by atoms with Gasteiger partial charge in [0.15, 0.2) is 6.61 Å². The molecule has 0 aromatic heterocycles. The molecule has 0 unspecified atom stereocenters. The molecular weight excluding hydrogens is 422 g/mol. The number of hydrogen-bond donors (Lipinski definition) is 3. The second kappa shape index (κ2) is 10.6. The minimum atomic E-state index is -3.96. The lowest BCUT2D eigenvalue weighted by Crippen LogP contribution is -2.41. The van der Waals surface area contributed by atoms with Crippen LogP contribution < -0.4 is 15.4 Å². The number of ether oxygens (including phenoxy) is 1. The van der Waals surface area contributed by atoms with E-state index in [2.05, 4.69) is 10.0 Å². The Morgan fingerprint density at radius 2 is 1.77 bits per heavy atom. The van der Waals surface area contributed by atoms with E-state index in [4.69, 9.17) is 4.74 Å². The summed E-state index contributed by atoms with van der Waals surface area (Å²) < 4.78 is 33.0. The van der Waals surface area contributed by atoms with E-state index in [9.17, 15) is 22.8 Å². The van der Waals surface area contributed by atoms with Crippen molar-refractivity contribution >= 4 is 33.6 Å². The molecule has 0 saturated carbocycles. The van der Waals surface area contributed by atoms with Gasteiger partial charge in [-0.05, 0) is 55.7 Å². The lowest BCUT2D eigenvalue weighted by Gasteiger charge is -2.12. The number of amides is 3. The zero-order valence-electron chi connectivity index (χ0n) is 17.5. The molecule has 0 aliphatic rings. The molecule has 0 fully saturated rings.